The predicted molar refractivity (Wildman–Crippen MR) is 102 cm³/mol. The highest BCUT2D eigenvalue weighted by atomic mass is 35.5. The minimum absolute atomic E-state index is 0. The van der Waals surface area contributed by atoms with Gasteiger partial charge >= 0.3 is 0 Å². The molecule has 3 rings (SSSR count). The van der Waals surface area contributed by atoms with Crippen LogP contribution in [0.4, 0.5) is 0 Å². The number of benzene rings is 1. The molecule has 24 heavy (non-hydrogen) atoms. The summed E-state index contributed by atoms with van der Waals surface area (Å²) in [7, 11) is 1.88. The van der Waals surface area contributed by atoms with E-state index in [1.165, 1.54) is 11.3 Å². The molecule has 1 aromatic carbocycles. The van der Waals surface area contributed by atoms with Crippen LogP contribution < -0.4 is 0 Å². The molecule has 0 amide bonds. The van der Waals surface area contributed by atoms with Crippen molar-refractivity contribution in [3.63, 3.8) is 0 Å². The minimum Gasteiger partial charge on any atom is -0.354 e. The highest BCUT2D eigenvalue weighted by Crippen LogP contribution is 2.10. The van der Waals surface area contributed by atoms with Crippen LogP contribution in [0.3, 0.4) is 0 Å². The maximum atomic E-state index is 4.51. The van der Waals surface area contributed by atoms with Crippen molar-refractivity contribution >= 4 is 18.2 Å². The van der Waals surface area contributed by atoms with Gasteiger partial charge in [0.25, 0.3) is 0 Å². The number of piperazine rings is 1. The van der Waals surface area contributed by atoms with Crippen LogP contribution in [0, 0.1) is 0 Å². The van der Waals surface area contributed by atoms with Gasteiger partial charge in [0.05, 0.1) is 0 Å². The van der Waals surface area contributed by atoms with Crippen LogP contribution in [0.2, 0.25) is 0 Å². The van der Waals surface area contributed by atoms with Gasteiger partial charge in [-0.2, -0.15) is 0 Å². The number of nitrogens with zero attached hydrogens (tertiary/aromatic N) is 4. The van der Waals surface area contributed by atoms with Gasteiger partial charge in [-0.05, 0) is 12.1 Å². The molecular formula is C19H25ClN4. The number of hydrogen-bond donors (Lipinski definition) is 0. The monoisotopic (exact) mass is 344 g/mol. The van der Waals surface area contributed by atoms with Gasteiger partial charge in [-0.3, -0.25) is 14.9 Å². The number of halogens is 1. The molecule has 0 radical (unpaired) electrons. The van der Waals surface area contributed by atoms with Gasteiger partial charge in [0.15, 0.2) is 0 Å². The van der Waals surface area contributed by atoms with Crippen molar-refractivity contribution in [2.75, 3.05) is 39.8 Å². The third-order valence-electron chi connectivity index (χ3n) is 4.33. The molecule has 2 aromatic rings. The van der Waals surface area contributed by atoms with Crippen LogP contribution in [-0.4, -0.2) is 60.4 Å². The molecule has 0 aliphatic carbocycles. The summed E-state index contributed by atoms with van der Waals surface area (Å²) in [6.07, 6.45) is 2.89. The number of aliphatic imine (C=N–C) groups is 1. The Hall–Kier alpha value is -1.91. The molecule has 0 bridgehead atoms. The van der Waals surface area contributed by atoms with Crippen LogP contribution in [-0.2, 0) is 6.42 Å². The highest BCUT2D eigenvalue weighted by Gasteiger charge is 2.20. The summed E-state index contributed by atoms with van der Waals surface area (Å²) >= 11 is 0. The second kappa shape index (κ2) is 9.40. The Morgan fingerprint density at radius 2 is 1.71 bits per heavy atom. The minimum atomic E-state index is 0. The van der Waals surface area contributed by atoms with Crippen molar-refractivity contribution < 1.29 is 0 Å². The van der Waals surface area contributed by atoms with Gasteiger partial charge < -0.3 is 4.90 Å². The molecule has 128 valence electrons. The van der Waals surface area contributed by atoms with Gasteiger partial charge in [0, 0.05) is 63.6 Å². The van der Waals surface area contributed by atoms with Crippen LogP contribution in [0.1, 0.15) is 11.3 Å². The topological polar surface area (TPSA) is 31.7 Å². The average Bonchev–Trinajstić information content (AvgIpc) is 2.63. The van der Waals surface area contributed by atoms with E-state index in [9.17, 15) is 0 Å². The molecule has 1 fully saturated rings. The zero-order valence-corrected chi connectivity index (χ0v) is 15.0. The molecule has 0 saturated carbocycles. The predicted octanol–water partition coefficient (Wildman–Crippen LogP) is 2.74. The Morgan fingerprint density at radius 1 is 1.00 bits per heavy atom. The molecule has 0 spiro atoms. The Kier molecular flexibility index (Phi) is 7.22. The molecule has 0 unspecified atom stereocenters. The first-order valence-electron chi connectivity index (χ1n) is 8.26. The number of aromatic nitrogens is 1. The number of pyridine rings is 1. The molecular weight excluding hydrogens is 320 g/mol. The fraction of sp³-hybridized carbons (Fsp3) is 0.368. The fourth-order valence-electron chi connectivity index (χ4n) is 3.04. The molecule has 1 aromatic heterocycles. The van der Waals surface area contributed by atoms with E-state index in [1.54, 1.807) is 0 Å². The van der Waals surface area contributed by atoms with Crippen molar-refractivity contribution in [2.45, 2.75) is 6.42 Å². The van der Waals surface area contributed by atoms with Gasteiger partial charge in [0.2, 0.25) is 0 Å². The van der Waals surface area contributed by atoms with Crippen molar-refractivity contribution in [3.8, 4) is 0 Å². The first-order valence-corrected chi connectivity index (χ1v) is 8.26. The summed E-state index contributed by atoms with van der Waals surface area (Å²) in [6, 6.07) is 16.6. The standard InChI is InChI=1S/C19H24N4.ClH/c1-20-19(17-7-3-2-4-8-17)23-15-13-22(14-16-23)12-10-18-9-5-6-11-21-18;/h2-9,11H,10,12-16H2,1H3;1H. The largest absolute Gasteiger partial charge is 0.354 e. The van der Waals surface area contributed by atoms with Crippen molar-refractivity contribution in [1.82, 2.24) is 14.8 Å². The average molecular weight is 345 g/mol. The quantitative estimate of drug-likeness (QED) is 0.631. The molecule has 1 aliphatic rings. The highest BCUT2D eigenvalue weighted by molar-refractivity contribution is 5.98. The molecule has 1 saturated heterocycles. The smallest absolute Gasteiger partial charge is 0.130 e. The Labute approximate surface area is 150 Å². The Morgan fingerprint density at radius 3 is 2.33 bits per heavy atom. The maximum absolute atomic E-state index is 4.51. The van der Waals surface area contributed by atoms with E-state index in [2.05, 4.69) is 56.2 Å². The van der Waals surface area contributed by atoms with E-state index in [0.717, 1.165) is 45.0 Å². The number of amidine groups is 1. The summed E-state index contributed by atoms with van der Waals surface area (Å²) in [4.78, 5) is 13.8. The van der Waals surface area contributed by atoms with E-state index in [1.807, 2.05) is 25.4 Å². The summed E-state index contributed by atoms with van der Waals surface area (Å²) in [6.45, 7) is 5.31. The summed E-state index contributed by atoms with van der Waals surface area (Å²) < 4.78 is 0. The van der Waals surface area contributed by atoms with E-state index >= 15 is 0 Å². The zero-order chi connectivity index (χ0) is 15.9. The lowest BCUT2D eigenvalue weighted by Gasteiger charge is -2.36. The summed E-state index contributed by atoms with van der Waals surface area (Å²) in [5.41, 5.74) is 2.38. The second-order valence-electron chi connectivity index (χ2n) is 5.81. The van der Waals surface area contributed by atoms with Crippen molar-refractivity contribution in [3.05, 3.63) is 66.0 Å². The van der Waals surface area contributed by atoms with Gasteiger partial charge in [-0.1, -0.05) is 36.4 Å². The van der Waals surface area contributed by atoms with Crippen LogP contribution in [0.5, 0.6) is 0 Å². The molecule has 5 heteroatoms. The van der Waals surface area contributed by atoms with Crippen LogP contribution >= 0.6 is 12.4 Å². The molecule has 2 heterocycles. The fourth-order valence-corrected chi connectivity index (χ4v) is 3.04. The zero-order valence-electron chi connectivity index (χ0n) is 14.1. The van der Waals surface area contributed by atoms with Gasteiger partial charge in [0.1, 0.15) is 5.84 Å². The number of rotatable bonds is 4. The van der Waals surface area contributed by atoms with E-state index < -0.39 is 0 Å². The lowest BCUT2D eigenvalue weighted by atomic mass is 10.1. The normalized spacial score (nSPS) is 15.9. The summed E-state index contributed by atoms with van der Waals surface area (Å²) in [5, 5.41) is 0. The van der Waals surface area contributed by atoms with Gasteiger partial charge in [-0.25, -0.2) is 0 Å². The Balaban J connectivity index is 0.00000208. The van der Waals surface area contributed by atoms with Gasteiger partial charge in [-0.15, -0.1) is 12.4 Å². The Bertz CT molecular complexity index is 622. The van der Waals surface area contributed by atoms with E-state index in [-0.39, 0.29) is 12.4 Å². The van der Waals surface area contributed by atoms with Crippen molar-refractivity contribution in [2.24, 2.45) is 4.99 Å². The van der Waals surface area contributed by atoms with E-state index in [4.69, 9.17) is 0 Å². The third kappa shape index (κ3) is 4.79. The lowest BCUT2D eigenvalue weighted by Crippen LogP contribution is -2.49. The SMILES string of the molecule is CN=C(c1ccccc1)N1CCN(CCc2ccccn2)CC1.Cl. The second-order valence-corrected chi connectivity index (χ2v) is 5.81. The maximum Gasteiger partial charge on any atom is 0.130 e. The molecule has 0 N–H and O–H groups in total. The lowest BCUT2D eigenvalue weighted by molar-refractivity contribution is 0.183. The van der Waals surface area contributed by atoms with Crippen LogP contribution in [0.15, 0.2) is 59.7 Å². The first-order chi connectivity index (χ1) is 11.4. The molecule has 4 nitrogen and oxygen atoms in total. The third-order valence-corrected chi connectivity index (χ3v) is 4.33. The van der Waals surface area contributed by atoms with Crippen LogP contribution in [0.25, 0.3) is 0 Å². The molecule has 1 aliphatic heterocycles. The number of hydrogen-bond acceptors (Lipinski definition) is 3. The summed E-state index contributed by atoms with van der Waals surface area (Å²) in [5.74, 6) is 1.11. The molecule has 0 atom stereocenters. The van der Waals surface area contributed by atoms with Crippen molar-refractivity contribution in [1.29, 1.82) is 0 Å². The van der Waals surface area contributed by atoms with E-state index in [0.29, 0.717) is 0 Å². The first kappa shape index (κ1) is 18.4.